The number of anilines is 1. The minimum atomic E-state index is -1.04. The lowest BCUT2D eigenvalue weighted by molar-refractivity contribution is 0.0985. The number of carbonyl (C=O) groups is 1. The minimum absolute atomic E-state index is 0.0965. The molecule has 0 unspecified atom stereocenters. The van der Waals surface area contributed by atoms with Crippen molar-refractivity contribution < 1.29 is 13.6 Å². The van der Waals surface area contributed by atoms with Gasteiger partial charge in [0.15, 0.2) is 16.8 Å². The number of carbonyl (C=O) groups excluding carboxylic acids is 1. The molecule has 1 amide bonds. The van der Waals surface area contributed by atoms with Crippen LogP contribution >= 0.6 is 27.3 Å². The van der Waals surface area contributed by atoms with Gasteiger partial charge in [0.25, 0.3) is 5.91 Å². The maximum absolute atomic E-state index is 13.6. The van der Waals surface area contributed by atoms with Crippen LogP contribution in [0.5, 0.6) is 0 Å². The first kappa shape index (κ1) is 19.9. The van der Waals surface area contributed by atoms with Gasteiger partial charge in [0.05, 0.1) is 10.2 Å². The van der Waals surface area contributed by atoms with E-state index < -0.39 is 17.5 Å². The van der Waals surface area contributed by atoms with Crippen molar-refractivity contribution in [2.24, 2.45) is 0 Å². The van der Waals surface area contributed by atoms with Crippen molar-refractivity contribution in [3.8, 4) is 0 Å². The molecule has 0 aliphatic carbocycles. The van der Waals surface area contributed by atoms with E-state index in [1.54, 1.807) is 0 Å². The lowest BCUT2D eigenvalue weighted by Gasteiger charge is -2.21. The van der Waals surface area contributed by atoms with Gasteiger partial charge in [-0.15, -0.1) is 0 Å². The van der Waals surface area contributed by atoms with Crippen LogP contribution in [0.1, 0.15) is 16.8 Å². The summed E-state index contributed by atoms with van der Waals surface area (Å²) in [5.74, 6) is -2.41. The third-order valence-electron chi connectivity index (χ3n) is 3.97. The van der Waals surface area contributed by atoms with Crippen LogP contribution in [0, 0.1) is 11.6 Å². The number of nitrogens with zero attached hydrogens (tertiary/aromatic N) is 3. The number of rotatable bonds is 6. The summed E-state index contributed by atoms with van der Waals surface area (Å²) in [6.07, 6.45) is 0.724. The Bertz CT molecular complexity index is 977. The molecule has 0 aliphatic rings. The second-order valence-corrected chi connectivity index (χ2v) is 8.28. The van der Waals surface area contributed by atoms with Crippen molar-refractivity contribution in [3.05, 3.63) is 58.1 Å². The van der Waals surface area contributed by atoms with Gasteiger partial charge in [-0.05, 0) is 63.5 Å². The number of benzene rings is 2. The number of aromatic nitrogens is 1. The second-order valence-electron chi connectivity index (χ2n) is 6.35. The zero-order valence-electron chi connectivity index (χ0n) is 14.9. The van der Waals surface area contributed by atoms with Gasteiger partial charge in [0.2, 0.25) is 0 Å². The number of halogens is 3. The number of fused-ring (bicyclic) bond motifs is 1. The highest BCUT2D eigenvalue weighted by atomic mass is 79.9. The summed E-state index contributed by atoms with van der Waals surface area (Å²) in [5, 5.41) is 0.539. The van der Waals surface area contributed by atoms with E-state index >= 15 is 0 Å². The van der Waals surface area contributed by atoms with Crippen LogP contribution in [0.3, 0.4) is 0 Å². The Morgan fingerprint density at radius 2 is 1.89 bits per heavy atom. The van der Waals surface area contributed by atoms with Crippen molar-refractivity contribution in [1.29, 1.82) is 0 Å². The van der Waals surface area contributed by atoms with E-state index in [1.165, 1.54) is 22.3 Å². The summed E-state index contributed by atoms with van der Waals surface area (Å²) in [4.78, 5) is 21.1. The standard InChI is InChI=1S/C19H18BrF2N3OS/c1-24(2)8-3-9-25(18(26)12-4-6-14(21)15(22)10-12)19-23-16-7-5-13(20)11-17(16)27-19/h4-7,10-11H,3,8-9H2,1-2H3. The zero-order chi connectivity index (χ0) is 19.6. The quantitative estimate of drug-likeness (QED) is 0.530. The van der Waals surface area contributed by atoms with Crippen LogP contribution < -0.4 is 4.90 Å². The predicted molar refractivity (Wildman–Crippen MR) is 109 cm³/mol. The van der Waals surface area contributed by atoms with E-state index in [0.29, 0.717) is 11.7 Å². The minimum Gasteiger partial charge on any atom is -0.309 e. The smallest absolute Gasteiger partial charge is 0.260 e. The van der Waals surface area contributed by atoms with Gasteiger partial charge < -0.3 is 4.90 Å². The molecule has 0 atom stereocenters. The molecule has 4 nitrogen and oxygen atoms in total. The molecular weight excluding hydrogens is 436 g/mol. The summed E-state index contributed by atoms with van der Waals surface area (Å²) < 4.78 is 28.7. The molecule has 3 rings (SSSR count). The van der Waals surface area contributed by atoms with Crippen molar-refractivity contribution in [2.45, 2.75) is 6.42 Å². The topological polar surface area (TPSA) is 36.4 Å². The zero-order valence-corrected chi connectivity index (χ0v) is 17.3. The lowest BCUT2D eigenvalue weighted by Crippen LogP contribution is -2.33. The maximum atomic E-state index is 13.6. The Kier molecular flexibility index (Phi) is 6.18. The SMILES string of the molecule is CN(C)CCCN(C(=O)c1ccc(F)c(F)c1)c1nc2ccc(Br)cc2s1. The first-order valence-electron chi connectivity index (χ1n) is 8.33. The molecule has 0 saturated carbocycles. The Labute approximate surface area is 168 Å². The predicted octanol–water partition coefficient (Wildman–Crippen LogP) is 4.94. The highest BCUT2D eigenvalue weighted by molar-refractivity contribution is 9.10. The average molecular weight is 454 g/mol. The van der Waals surface area contributed by atoms with Gasteiger partial charge >= 0.3 is 0 Å². The molecule has 0 bridgehead atoms. The molecule has 2 aromatic carbocycles. The van der Waals surface area contributed by atoms with Gasteiger partial charge in [-0.1, -0.05) is 27.3 Å². The Morgan fingerprint density at radius 3 is 2.59 bits per heavy atom. The molecule has 142 valence electrons. The van der Waals surface area contributed by atoms with Crippen molar-refractivity contribution in [1.82, 2.24) is 9.88 Å². The number of hydrogen-bond acceptors (Lipinski definition) is 4. The van der Waals surface area contributed by atoms with E-state index in [2.05, 4.69) is 20.9 Å². The summed E-state index contributed by atoms with van der Waals surface area (Å²) in [6, 6.07) is 8.90. The third kappa shape index (κ3) is 4.69. The molecule has 0 radical (unpaired) electrons. The van der Waals surface area contributed by atoms with Gasteiger partial charge in [0.1, 0.15) is 0 Å². The molecule has 3 aromatic rings. The maximum Gasteiger partial charge on any atom is 0.260 e. The molecule has 27 heavy (non-hydrogen) atoms. The first-order valence-corrected chi connectivity index (χ1v) is 9.94. The Balaban J connectivity index is 1.95. The Morgan fingerprint density at radius 1 is 1.11 bits per heavy atom. The molecule has 0 saturated heterocycles. The van der Waals surface area contributed by atoms with Gasteiger partial charge in [-0.25, -0.2) is 13.8 Å². The van der Waals surface area contributed by atoms with E-state index in [4.69, 9.17) is 0 Å². The summed E-state index contributed by atoms with van der Waals surface area (Å²) in [5.41, 5.74) is 0.882. The summed E-state index contributed by atoms with van der Waals surface area (Å²) in [7, 11) is 3.91. The fourth-order valence-electron chi connectivity index (χ4n) is 2.62. The molecule has 0 N–H and O–H groups in total. The summed E-state index contributed by atoms with van der Waals surface area (Å²) in [6.45, 7) is 1.22. The van der Waals surface area contributed by atoms with Crippen LogP contribution in [0.25, 0.3) is 10.2 Å². The molecule has 1 heterocycles. The van der Waals surface area contributed by atoms with Crippen LogP contribution in [-0.4, -0.2) is 43.0 Å². The van der Waals surface area contributed by atoms with Crippen LogP contribution in [0.4, 0.5) is 13.9 Å². The molecule has 1 aromatic heterocycles. The van der Waals surface area contributed by atoms with Crippen molar-refractivity contribution in [2.75, 3.05) is 32.1 Å². The number of hydrogen-bond donors (Lipinski definition) is 0. The van der Waals surface area contributed by atoms with Crippen LogP contribution in [0.15, 0.2) is 40.9 Å². The lowest BCUT2D eigenvalue weighted by atomic mass is 10.2. The van der Waals surface area contributed by atoms with Crippen LogP contribution in [-0.2, 0) is 0 Å². The van der Waals surface area contributed by atoms with Crippen molar-refractivity contribution >= 4 is 48.5 Å². The highest BCUT2D eigenvalue weighted by Gasteiger charge is 2.22. The van der Waals surface area contributed by atoms with Crippen LogP contribution in [0.2, 0.25) is 0 Å². The second kappa shape index (κ2) is 8.41. The monoisotopic (exact) mass is 453 g/mol. The van der Waals surface area contributed by atoms with E-state index in [1.807, 2.05) is 37.2 Å². The Hall–Kier alpha value is -1.90. The molecule has 0 aliphatic heterocycles. The largest absolute Gasteiger partial charge is 0.309 e. The first-order chi connectivity index (χ1) is 12.8. The van der Waals surface area contributed by atoms with Gasteiger partial charge in [-0.3, -0.25) is 9.69 Å². The highest BCUT2D eigenvalue weighted by Crippen LogP contribution is 2.32. The normalized spacial score (nSPS) is 11.3. The third-order valence-corrected chi connectivity index (χ3v) is 5.50. The van der Waals surface area contributed by atoms with E-state index in [0.717, 1.165) is 39.8 Å². The average Bonchev–Trinajstić information content (AvgIpc) is 3.03. The number of thiazole rings is 1. The summed E-state index contributed by atoms with van der Waals surface area (Å²) >= 11 is 4.82. The molecule has 0 spiro atoms. The van der Waals surface area contributed by atoms with Gasteiger partial charge in [-0.2, -0.15) is 0 Å². The van der Waals surface area contributed by atoms with Gasteiger partial charge in [0, 0.05) is 16.6 Å². The fourth-order valence-corrected chi connectivity index (χ4v) is 4.16. The fraction of sp³-hybridized carbons (Fsp3) is 0.263. The van der Waals surface area contributed by atoms with E-state index in [-0.39, 0.29) is 5.56 Å². The van der Waals surface area contributed by atoms with Crippen molar-refractivity contribution in [3.63, 3.8) is 0 Å². The molecule has 0 fully saturated rings. The molecular formula is C19H18BrF2N3OS. The van der Waals surface area contributed by atoms with E-state index in [9.17, 15) is 13.6 Å². The molecule has 8 heteroatoms. The number of amides is 1.